The second-order valence-corrected chi connectivity index (χ2v) is 5.65. The van der Waals surface area contributed by atoms with Crippen molar-refractivity contribution in [2.45, 2.75) is 18.9 Å². The summed E-state index contributed by atoms with van der Waals surface area (Å²) in [7, 11) is 1.32. The van der Waals surface area contributed by atoms with E-state index in [2.05, 4.69) is 15.4 Å². The normalized spacial score (nSPS) is 11.3. The Morgan fingerprint density at radius 3 is 2.19 bits per heavy atom. The fourth-order valence-corrected chi connectivity index (χ4v) is 2.40. The van der Waals surface area contributed by atoms with Crippen LogP contribution in [-0.4, -0.2) is 31.4 Å². The number of carbonyl (C=O) groups excluding carboxylic acids is 3. The average Bonchev–Trinajstić information content (AvgIpc) is 2.70. The number of esters is 1. The summed E-state index contributed by atoms with van der Waals surface area (Å²) in [5.74, 6) is -0.981. The third-order valence-electron chi connectivity index (χ3n) is 3.79. The fourth-order valence-electron chi connectivity index (χ4n) is 2.40. The predicted octanol–water partition coefficient (Wildman–Crippen LogP) is 2.23. The van der Waals surface area contributed by atoms with Crippen molar-refractivity contribution in [1.82, 2.24) is 10.6 Å². The number of amides is 2. The molecule has 0 bridgehead atoms. The van der Waals surface area contributed by atoms with Gasteiger partial charge in [0.25, 0.3) is 5.91 Å². The molecule has 0 heterocycles. The highest BCUT2D eigenvalue weighted by Crippen LogP contribution is 2.14. The van der Waals surface area contributed by atoms with Crippen molar-refractivity contribution in [2.24, 2.45) is 0 Å². The summed E-state index contributed by atoms with van der Waals surface area (Å²) in [6, 6.07) is 16.9. The monoisotopic (exact) mass is 354 g/mol. The number of carbonyl (C=O) groups is 3. The Hall–Kier alpha value is -3.15. The van der Waals surface area contributed by atoms with E-state index in [-0.39, 0.29) is 24.2 Å². The predicted molar refractivity (Wildman–Crippen MR) is 97.4 cm³/mol. The molecule has 0 spiro atoms. The van der Waals surface area contributed by atoms with E-state index in [4.69, 9.17) is 0 Å². The van der Waals surface area contributed by atoms with Gasteiger partial charge in [0.05, 0.1) is 7.11 Å². The standard InChI is InChI=1S/C20H22N2O4/c1-26-17(23)13-8-14-21-20(25)18(15-9-4-2-5-10-15)22-19(24)16-11-6-3-7-12-16/h2-7,9-12,18H,8,13-14H2,1H3,(H,21,25)(H,22,24). The van der Waals surface area contributed by atoms with Gasteiger partial charge in [-0.25, -0.2) is 0 Å². The summed E-state index contributed by atoms with van der Waals surface area (Å²) >= 11 is 0. The highest BCUT2D eigenvalue weighted by molar-refractivity contribution is 5.97. The van der Waals surface area contributed by atoms with Gasteiger partial charge in [-0.15, -0.1) is 0 Å². The molecule has 2 aromatic rings. The molecule has 1 atom stereocenters. The van der Waals surface area contributed by atoms with Crippen LogP contribution in [0.1, 0.15) is 34.8 Å². The molecular weight excluding hydrogens is 332 g/mol. The van der Waals surface area contributed by atoms with Crippen molar-refractivity contribution in [1.29, 1.82) is 0 Å². The molecule has 0 saturated heterocycles. The average molecular weight is 354 g/mol. The maximum Gasteiger partial charge on any atom is 0.305 e. The van der Waals surface area contributed by atoms with Gasteiger partial charge >= 0.3 is 5.97 Å². The van der Waals surface area contributed by atoms with Crippen molar-refractivity contribution in [3.63, 3.8) is 0 Å². The number of methoxy groups -OCH3 is 1. The van der Waals surface area contributed by atoms with E-state index in [0.717, 1.165) is 0 Å². The number of rotatable bonds is 8. The third kappa shape index (κ3) is 5.73. The van der Waals surface area contributed by atoms with Crippen LogP contribution >= 0.6 is 0 Å². The van der Waals surface area contributed by atoms with E-state index in [0.29, 0.717) is 24.1 Å². The number of benzene rings is 2. The lowest BCUT2D eigenvalue weighted by Gasteiger charge is -2.19. The molecule has 136 valence electrons. The zero-order valence-corrected chi connectivity index (χ0v) is 14.6. The van der Waals surface area contributed by atoms with Crippen molar-refractivity contribution < 1.29 is 19.1 Å². The summed E-state index contributed by atoms with van der Waals surface area (Å²) in [6.45, 7) is 0.318. The molecule has 2 rings (SSSR count). The smallest absolute Gasteiger partial charge is 0.305 e. The van der Waals surface area contributed by atoms with E-state index in [1.807, 2.05) is 24.3 Å². The fraction of sp³-hybridized carbons (Fsp3) is 0.250. The van der Waals surface area contributed by atoms with E-state index in [1.54, 1.807) is 36.4 Å². The number of hydrogen-bond donors (Lipinski definition) is 2. The van der Waals surface area contributed by atoms with Gasteiger partial charge in [0.15, 0.2) is 0 Å². The molecule has 0 radical (unpaired) electrons. The number of ether oxygens (including phenoxy) is 1. The van der Waals surface area contributed by atoms with Gasteiger partial charge < -0.3 is 15.4 Å². The van der Waals surface area contributed by atoms with Crippen LogP contribution in [0, 0.1) is 0 Å². The largest absolute Gasteiger partial charge is 0.469 e. The Morgan fingerprint density at radius 2 is 1.58 bits per heavy atom. The topological polar surface area (TPSA) is 84.5 Å². The minimum atomic E-state index is -0.818. The number of nitrogens with one attached hydrogen (secondary N) is 2. The molecular formula is C20H22N2O4. The molecule has 0 aromatic heterocycles. The number of hydrogen-bond acceptors (Lipinski definition) is 4. The molecule has 0 saturated carbocycles. The Balaban J connectivity index is 2.03. The Morgan fingerprint density at radius 1 is 0.962 bits per heavy atom. The molecule has 0 aliphatic carbocycles. The molecule has 0 aliphatic rings. The van der Waals surface area contributed by atoms with Crippen LogP contribution in [-0.2, 0) is 14.3 Å². The Labute approximate surface area is 152 Å². The van der Waals surface area contributed by atoms with Crippen molar-refractivity contribution >= 4 is 17.8 Å². The van der Waals surface area contributed by atoms with Gasteiger partial charge in [-0.1, -0.05) is 48.5 Å². The molecule has 2 amide bonds. The highest BCUT2D eigenvalue weighted by Gasteiger charge is 2.22. The lowest BCUT2D eigenvalue weighted by molar-refractivity contribution is -0.140. The van der Waals surface area contributed by atoms with Crippen molar-refractivity contribution in [3.8, 4) is 0 Å². The second-order valence-electron chi connectivity index (χ2n) is 5.65. The van der Waals surface area contributed by atoms with E-state index >= 15 is 0 Å². The summed E-state index contributed by atoms with van der Waals surface area (Å²) in [4.78, 5) is 36.1. The maximum absolute atomic E-state index is 12.6. The van der Waals surface area contributed by atoms with Gasteiger partial charge in [-0.3, -0.25) is 14.4 Å². The van der Waals surface area contributed by atoms with Crippen LogP contribution in [0.4, 0.5) is 0 Å². The summed E-state index contributed by atoms with van der Waals surface area (Å²) in [6.07, 6.45) is 0.690. The van der Waals surface area contributed by atoms with Crippen LogP contribution in [0.3, 0.4) is 0 Å². The SMILES string of the molecule is COC(=O)CCCNC(=O)C(NC(=O)c1ccccc1)c1ccccc1. The lowest BCUT2D eigenvalue weighted by atomic mass is 10.1. The third-order valence-corrected chi connectivity index (χ3v) is 3.79. The molecule has 0 aliphatic heterocycles. The van der Waals surface area contributed by atoms with Crippen LogP contribution in [0.25, 0.3) is 0 Å². The van der Waals surface area contributed by atoms with Crippen LogP contribution in [0.2, 0.25) is 0 Å². The van der Waals surface area contributed by atoms with E-state index in [9.17, 15) is 14.4 Å². The molecule has 1 unspecified atom stereocenters. The zero-order valence-electron chi connectivity index (χ0n) is 14.6. The second kappa shape index (κ2) is 9.98. The van der Waals surface area contributed by atoms with Crippen LogP contribution in [0.15, 0.2) is 60.7 Å². The molecule has 0 fully saturated rings. The van der Waals surface area contributed by atoms with Gasteiger partial charge in [0.2, 0.25) is 5.91 Å². The van der Waals surface area contributed by atoms with E-state index in [1.165, 1.54) is 7.11 Å². The summed E-state index contributed by atoms with van der Waals surface area (Å²) in [5.41, 5.74) is 1.16. The minimum Gasteiger partial charge on any atom is -0.469 e. The molecule has 6 heteroatoms. The first-order chi connectivity index (χ1) is 12.6. The first kappa shape index (κ1) is 19.2. The van der Waals surface area contributed by atoms with Gasteiger partial charge in [-0.2, -0.15) is 0 Å². The van der Waals surface area contributed by atoms with Crippen molar-refractivity contribution in [2.75, 3.05) is 13.7 Å². The lowest BCUT2D eigenvalue weighted by Crippen LogP contribution is -2.40. The quantitative estimate of drug-likeness (QED) is 0.562. The Bertz CT molecular complexity index is 732. The van der Waals surface area contributed by atoms with Crippen LogP contribution in [0.5, 0.6) is 0 Å². The minimum absolute atomic E-state index is 0.225. The molecule has 6 nitrogen and oxygen atoms in total. The van der Waals surface area contributed by atoms with Crippen molar-refractivity contribution in [3.05, 3.63) is 71.8 Å². The van der Waals surface area contributed by atoms with Crippen LogP contribution < -0.4 is 10.6 Å². The summed E-state index contributed by atoms with van der Waals surface area (Å²) < 4.78 is 4.57. The van der Waals surface area contributed by atoms with Gasteiger partial charge in [-0.05, 0) is 24.1 Å². The van der Waals surface area contributed by atoms with E-state index < -0.39 is 6.04 Å². The zero-order chi connectivity index (χ0) is 18.8. The molecule has 2 N–H and O–H groups in total. The first-order valence-corrected chi connectivity index (χ1v) is 8.37. The Kier molecular flexibility index (Phi) is 7.36. The molecule has 2 aromatic carbocycles. The molecule has 26 heavy (non-hydrogen) atoms. The first-order valence-electron chi connectivity index (χ1n) is 8.37. The summed E-state index contributed by atoms with van der Waals surface area (Å²) in [5, 5.41) is 5.52. The highest BCUT2D eigenvalue weighted by atomic mass is 16.5. The van der Waals surface area contributed by atoms with Gasteiger partial charge in [0, 0.05) is 18.5 Å². The maximum atomic E-state index is 12.6. The van der Waals surface area contributed by atoms with Gasteiger partial charge in [0.1, 0.15) is 6.04 Å².